The fourth-order valence-electron chi connectivity index (χ4n) is 3.67. The number of hydrogen-bond acceptors (Lipinski definition) is 5. The van der Waals surface area contributed by atoms with Crippen LogP contribution in [0.5, 0.6) is 0 Å². The van der Waals surface area contributed by atoms with Crippen LogP contribution in [-0.2, 0) is 22.4 Å². The Kier molecular flexibility index (Phi) is 9.19. The highest BCUT2D eigenvalue weighted by Crippen LogP contribution is 2.26. The molecule has 156 valence electrons. The minimum absolute atomic E-state index is 0.558. The second-order valence-corrected chi connectivity index (χ2v) is 7.26. The van der Waals surface area contributed by atoms with Gasteiger partial charge in [0.1, 0.15) is 0 Å². The molecule has 1 aromatic rings. The van der Waals surface area contributed by atoms with E-state index in [1.165, 1.54) is 37.8 Å². The number of nitrogens with zero attached hydrogens (tertiary/aromatic N) is 3. The van der Waals surface area contributed by atoms with Gasteiger partial charge in [0.15, 0.2) is 0 Å². The average Bonchev–Trinajstić information content (AvgIpc) is 2.96. The predicted molar refractivity (Wildman–Crippen MR) is 111 cm³/mol. The maximum Gasteiger partial charge on any atom is 0.328 e. The molecule has 7 nitrogen and oxygen atoms in total. The molecule has 0 atom stereocenters. The lowest BCUT2D eigenvalue weighted by atomic mass is 10.0. The van der Waals surface area contributed by atoms with Crippen molar-refractivity contribution in [3.8, 4) is 6.07 Å². The van der Waals surface area contributed by atoms with Crippen LogP contribution in [0.2, 0.25) is 0 Å². The highest BCUT2D eigenvalue weighted by atomic mass is 16.4. The number of fused-ring (bicyclic) bond motifs is 1. The first-order valence-corrected chi connectivity index (χ1v) is 10.1. The fourth-order valence-corrected chi connectivity index (χ4v) is 3.67. The minimum atomic E-state index is -1.26. The van der Waals surface area contributed by atoms with Gasteiger partial charge in [-0.25, -0.2) is 9.59 Å². The standard InChI is InChI=1S/C18H25N3.C4H4O4/c19-9-4-10-20-11-13-21(14-12-20)18-8-7-16-5-2-1-3-6-17(16)15-18;5-3(6)1-2-4(7)8/h7-8,15H,1-6,10-14H2;1-2H,(H,5,6)(H,7,8)/b;2-1+. The molecule has 0 radical (unpaired) electrons. The predicted octanol–water partition coefficient (Wildman–Crippen LogP) is 2.70. The van der Waals surface area contributed by atoms with E-state index in [1.54, 1.807) is 11.1 Å². The van der Waals surface area contributed by atoms with Gasteiger partial charge in [-0.15, -0.1) is 0 Å². The second kappa shape index (κ2) is 11.9. The van der Waals surface area contributed by atoms with E-state index in [1.807, 2.05) is 0 Å². The Morgan fingerprint density at radius 2 is 1.59 bits per heavy atom. The molecule has 0 saturated carbocycles. The molecule has 0 spiro atoms. The van der Waals surface area contributed by atoms with Gasteiger partial charge in [0, 0.05) is 57.0 Å². The summed E-state index contributed by atoms with van der Waals surface area (Å²) >= 11 is 0. The third kappa shape index (κ3) is 7.96. The third-order valence-electron chi connectivity index (χ3n) is 5.23. The first-order chi connectivity index (χ1) is 14.0. The van der Waals surface area contributed by atoms with Crippen LogP contribution in [0, 0.1) is 11.3 Å². The van der Waals surface area contributed by atoms with Gasteiger partial charge in [-0.1, -0.05) is 12.5 Å². The lowest BCUT2D eigenvalue weighted by molar-refractivity contribution is -0.134. The van der Waals surface area contributed by atoms with E-state index in [9.17, 15) is 9.59 Å². The number of nitriles is 1. The molecule has 0 amide bonds. The molecule has 0 unspecified atom stereocenters. The van der Waals surface area contributed by atoms with Gasteiger partial charge in [0.25, 0.3) is 0 Å². The van der Waals surface area contributed by atoms with Crippen LogP contribution in [-0.4, -0.2) is 59.8 Å². The van der Waals surface area contributed by atoms with Crippen molar-refractivity contribution in [1.82, 2.24) is 4.90 Å². The number of carboxylic acid groups (broad SMARTS) is 2. The van der Waals surface area contributed by atoms with Crippen LogP contribution in [0.3, 0.4) is 0 Å². The molecule has 1 aliphatic carbocycles. The zero-order valence-corrected chi connectivity index (χ0v) is 16.7. The van der Waals surface area contributed by atoms with Crippen LogP contribution < -0.4 is 4.90 Å². The molecule has 1 heterocycles. The van der Waals surface area contributed by atoms with E-state index in [2.05, 4.69) is 34.1 Å². The molecule has 0 bridgehead atoms. The van der Waals surface area contributed by atoms with E-state index < -0.39 is 11.9 Å². The monoisotopic (exact) mass is 399 g/mol. The number of hydrogen-bond donors (Lipinski definition) is 2. The number of anilines is 1. The molecule has 1 fully saturated rings. The third-order valence-corrected chi connectivity index (χ3v) is 5.23. The topological polar surface area (TPSA) is 105 Å². The van der Waals surface area contributed by atoms with E-state index in [0.717, 1.165) is 32.7 Å². The van der Waals surface area contributed by atoms with Crippen molar-refractivity contribution < 1.29 is 19.8 Å². The van der Waals surface area contributed by atoms with Crippen molar-refractivity contribution >= 4 is 17.6 Å². The van der Waals surface area contributed by atoms with Gasteiger partial charge in [-0.2, -0.15) is 5.26 Å². The Morgan fingerprint density at radius 1 is 0.966 bits per heavy atom. The average molecular weight is 399 g/mol. The molecular weight excluding hydrogens is 370 g/mol. The summed E-state index contributed by atoms with van der Waals surface area (Å²) in [6.07, 6.45) is 8.36. The molecule has 29 heavy (non-hydrogen) atoms. The summed E-state index contributed by atoms with van der Waals surface area (Å²) in [4.78, 5) is 24.0. The lowest BCUT2D eigenvalue weighted by Gasteiger charge is -2.36. The smallest absolute Gasteiger partial charge is 0.328 e. The van der Waals surface area contributed by atoms with Crippen LogP contribution in [0.25, 0.3) is 0 Å². The zero-order chi connectivity index (χ0) is 21.1. The SMILES string of the molecule is N#CCCN1CCN(c2ccc3c(c2)CCCCC3)CC1.O=C(O)/C=C/C(=O)O. The highest BCUT2D eigenvalue weighted by Gasteiger charge is 2.18. The molecular formula is C22H29N3O4. The van der Waals surface area contributed by atoms with Gasteiger partial charge >= 0.3 is 11.9 Å². The molecule has 1 aromatic carbocycles. The maximum absolute atomic E-state index is 9.55. The first-order valence-electron chi connectivity index (χ1n) is 10.1. The lowest BCUT2D eigenvalue weighted by Crippen LogP contribution is -2.46. The molecule has 0 aromatic heterocycles. The summed E-state index contributed by atoms with van der Waals surface area (Å²) in [5, 5.41) is 24.3. The van der Waals surface area contributed by atoms with Crippen LogP contribution >= 0.6 is 0 Å². The van der Waals surface area contributed by atoms with Gasteiger partial charge in [0.05, 0.1) is 6.07 Å². The van der Waals surface area contributed by atoms with Gasteiger partial charge in [-0.05, 0) is 48.9 Å². The normalized spacial score (nSPS) is 16.9. The molecule has 2 N–H and O–H groups in total. The molecule has 1 saturated heterocycles. The Morgan fingerprint density at radius 3 is 2.17 bits per heavy atom. The number of benzene rings is 1. The quantitative estimate of drug-likeness (QED) is 0.579. The number of aliphatic carboxylic acids is 2. The van der Waals surface area contributed by atoms with Crippen molar-refractivity contribution in [3.05, 3.63) is 41.5 Å². The van der Waals surface area contributed by atoms with Crippen LogP contribution in [0.15, 0.2) is 30.4 Å². The highest BCUT2D eigenvalue weighted by molar-refractivity contribution is 5.89. The van der Waals surface area contributed by atoms with Crippen molar-refractivity contribution in [2.75, 3.05) is 37.6 Å². The summed E-state index contributed by atoms with van der Waals surface area (Å²) in [6, 6.07) is 9.35. The number of aryl methyl sites for hydroxylation is 2. The Balaban J connectivity index is 0.000000321. The number of carbonyl (C=O) groups is 2. The van der Waals surface area contributed by atoms with Crippen LogP contribution in [0.1, 0.15) is 36.8 Å². The van der Waals surface area contributed by atoms with Crippen molar-refractivity contribution in [2.24, 2.45) is 0 Å². The van der Waals surface area contributed by atoms with E-state index in [-0.39, 0.29) is 0 Å². The summed E-state index contributed by atoms with van der Waals surface area (Å²) in [7, 11) is 0. The Hall–Kier alpha value is -2.85. The van der Waals surface area contributed by atoms with E-state index in [0.29, 0.717) is 18.6 Å². The largest absolute Gasteiger partial charge is 0.478 e. The fraction of sp³-hybridized carbons (Fsp3) is 0.500. The zero-order valence-electron chi connectivity index (χ0n) is 16.7. The molecule has 7 heteroatoms. The molecule has 1 aliphatic heterocycles. The summed E-state index contributed by atoms with van der Waals surface area (Å²) < 4.78 is 0. The van der Waals surface area contributed by atoms with Crippen molar-refractivity contribution in [2.45, 2.75) is 38.5 Å². The van der Waals surface area contributed by atoms with Crippen molar-refractivity contribution in [3.63, 3.8) is 0 Å². The van der Waals surface area contributed by atoms with E-state index in [4.69, 9.17) is 15.5 Å². The van der Waals surface area contributed by atoms with Crippen molar-refractivity contribution in [1.29, 1.82) is 5.26 Å². The summed E-state index contributed by atoms with van der Waals surface area (Å²) in [5.41, 5.74) is 4.55. The summed E-state index contributed by atoms with van der Waals surface area (Å²) in [5.74, 6) is -2.51. The number of carboxylic acids is 2. The van der Waals surface area contributed by atoms with Crippen LogP contribution in [0.4, 0.5) is 5.69 Å². The minimum Gasteiger partial charge on any atom is -0.478 e. The first kappa shape index (κ1) is 22.4. The Labute approximate surface area is 171 Å². The molecule has 3 rings (SSSR count). The maximum atomic E-state index is 9.55. The number of rotatable bonds is 5. The van der Waals surface area contributed by atoms with Gasteiger partial charge in [-0.3, -0.25) is 4.90 Å². The van der Waals surface area contributed by atoms with E-state index >= 15 is 0 Å². The molecule has 2 aliphatic rings. The number of piperazine rings is 1. The second-order valence-electron chi connectivity index (χ2n) is 7.26. The van der Waals surface area contributed by atoms with Gasteiger partial charge < -0.3 is 15.1 Å². The summed E-state index contributed by atoms with van der Waals surface area (Å²) in [6.45, 7) is 5.26. The van der Waals surface area contributed by atoms with Gasteiger partial charge in [0.2, 0.25) is 0 Å². The Bertz CT molecular complexity index is 746.